The van der Waals surface area contributed by atoms with Crippen LogP contribution in [0.25, 0.3) is 0 Å². The van der Waals surface area contributed by atoms with Crippen molar-refractivity contribution in [3.05, 3.63) is 93.6 Å². The summed E-state index contributed by atoms with van der Waals surface area (Å²) in [6, 6.07) is 17.5. The Labute approximate surface area is 144 Å². The Hall–Kier alpha value is -2.48. The third-order valence-corrected chi connectivity index (χ3v) is 4.56. The molecule has 0 radical (unpaired) electrons. The summed E-state index contributed by atoms with van der Waals surface area (Å²) in [5, 5.41) is 0. The predicted octanol–water partition coefficient (Wildman–Crippen LogP) is 4.89. The number of aryl methyl sites for hydroxylation is 3. The largest absolute Gasteiger partial charge is 0.238 e. The van der Waals surface area contributed by atoms with Crippen molar-refractivity contribution >= 4 is 0 Å². The fraction of sp³-hybridized carbons (Fsp3) is 0.273. The van der Waals surface area contributed by atoms with Crippen LogP contribution in [-0.2, 0) is 12.8 Å². The van der Waals surface area contributed by atoms with Gasteiger partial charge in [0.15, 0.2) is 0 Å². The van der Waals surface area contributed by atoms with E-state index in [-0.39, 0.29) is 0 Å². The smallest absolute Gasteiger partial charge is 0.133 e. The number of hydrogen-bond acceptors (Lipinski definition) is 2. The minimum atomic E-state index is 0.781. The van der Waals surface area contributed by atoms with Gasteiger partial charge in [-0.05, 0) is 56.4 Å². The van der Waals surface area contributed by atoms with Crippen molar-refractivity contribution in [3.8, 4) is 0 Å². The van der Waals surface area contributed by atoms with Gasteiger partial charge in [0.25, 0.3) is 0 Å². The Morgan fingerprint density at radius 3 is 1.88 bits per heavy atom. The monoisotopic (exact) mass is 316 g/mol. The molecule has 0 saturated heterocycles. The highest BCUT2D eigenvalue weighted by atomic mass is 14.9. The summed E-state index contributed by atoms with van der Waals surface area (Å²) in [7, 11) is 0. The van der Waals surface area contributed by atoms with Gasteiger partial charge in [0.2, 0.25) is 0 Å². The van der Waals surface area contributed by atoms with Crippen molar-refractivity contribution in [1.82, 2.24) is 9.97 Å². The molecule has 0 saturated carbocycles. The van der Waals surface area contributed by atoms with E-state index in [1.165, 1.54) is 27.8 Å². The van der Waals surface area contributed by atoms with E-state index in [0.717, 1.165) is 30.1 Å². The Morgan fingerprint density at radius 1 is 0.667 bits per heavy atom. The molecule has 2 nitrogen and oxygen atoms in total. The highest BCUT2D eigenvalue weighted by Crippen LogP contribution is 2.15. The second kappa shape index (κ2) is 6.96. The molecule has 1 aromatic heterocycles. The topological polar surface area (TPSA) is 25.8 Å². The Bertz CT molecular complexity index is 825. The first-order valence-corrected chi connectivity index (χ1v) is 8.45. The van der Waals surface area contributed by atoms with Crippen LogP contribution in [-0.4, -0.2) is 9.97 Å². The maximum atomic E-state index is 4.64. The predicted molar refractivity (Wildman–Crippen MR) is 99.5 cm³/mol. The van der Waals surface area contributed by atoms with Gasteiger partial charge in [0, 0.05) is 17.8 Å². The average molecular weight is 316 g/mol. The first-order valence-electron chi connectivity index (χ1n) is 8.45. The van der Waals surface area contributed by atoms with E-state index >= 15 is 0 Å². The van der Waals surface area contributed by atoms with Crippen LogP contribution in [0.2, 0.25) is 0 Å². The van der Waals surface area contributed by atoms with Crippen LogP contribution in [0.5, 0.6) is 0 Å². The van der Waals surface area contributed by atoms with Crippen LogP contribution in [0.4, 0.5) is 0 Å². The summed E-state index contributed by atoms with van der Waals surface area (Å²) >= 11 is 0. The summed E-state index contributed by atoms with van der Waals surface area (Å²) < 4.78 is 0. The molecule has 0 fully saturated rings. The molecular weight excluding hydrogens is 292 g/mol. The fourth-order valence-corrected chi connectivity index (χ4v) is 2.89. The van der Waals surface area contributed by atoms with Crippen LogP contribution in [0.3, 0.4) is 0 Å². The van der Waals surface area contributed by atoms with Gasteiger partial charge in [-0.2, -0.15) is 0 Å². The zero-order valence-electron chi connectivity index (χ0n) is 14.9. The maximum absolute atomic E-state index is 4.64. The summed E-state index contributed by atoms with van der Waals surface area (Å²) in [5.41, 5.74) is 8.58. The van der Waals surface area contributed by atoms with Gasteiger partial charge in [-0.25, -0.2) is 9.97 Å². The summed E-state index contributed by atoms with van der Waals surface area (Å²) in [4.78, 5) is 9.28. The molecule has 0 spiro atoms. The summed E-state index contributed by atoms with van der Waals surface area (Å²) in [5.74, 6) is 0.906. The van der Waals surface area contributed by atoms with Crippen LogP contribution in [0.1, 0.15) is 45.0 Å². The molecule has 2 heteroatoms. The minimum Gasteiger partial charge on any atom is -0.238 e. The highest BCUT2D eigenvalue weighted by molar-refractivity contribution is 5.32. The molecule has 0 unspecified atom stereocenters. The van der Waals surface area contributed by atoms with Crippen LogP contribution < -0.4 is 0 Å². The van der Waals surface area contributed by atoms with Gasteiger partial charge in [0.1, 0.15) is 5.82 Å². The first kappa shape index (κ1) is 16.4. The van der Waals surface area contributed by atoms with Crippen LogP contribution in [0.15, 0.2) is 48.5 Å². The number of hydrogen-bond donors (Lipinski definition) is 0. The van der Waals surface area contributed by atoms with Gasteiger partial charge in [-0.15, -0.1) is 0 Å². The van der Waals surface area contributed by atoms with Crippen molar-refractivity contribution in [2.45, 2.75) is 40.5 Å². The lowest BCUT2D eigenvalue weighted by atomic mass is 10.0. The van der Waals surface area contributed by atoms with Gasteiger partial charge < -0.3 is 0 Å². The lowest BCUT2D eigenvalue weighted by molar-refractivity contribution is 0.898. The molecule has 0 aliphatic carbocycles. The molecule has 2 aromatic carbocycles. The molecule has 3 aromatic rings. The molecule has 0 aliphatic rings. The lowest BCUT2D eigenvalue weighted by Crippen LogP contribution is -2.03. The first-order chi connectivity index (χ1) is 11.5. The second-order valence-electron chi connectivity index (χ2n) is 6.59. The van der Waals surface area contributed by atoms with Gasteiger partial charge in [-0.3, -0.25) is 0 Å². The van der Waals surface area contributed by atoms with Gasteiger partial charge in [-0.1, -0.05) is 54.1 Å². The standard InChI is InChI=1S/C22H24N2/c1-15-8-10-19(11-9-15)12-20-6-5-7-21(13-20)14-22-23-17(3)16(2)18(4)24-22/h5-11,13H,12,14H2,1-4H3. The van der Waals surface area contributed by atoms with Crippen molar-refractivity contribution in [1.29, 1.82) is 0 Å². The number of benzene rings is 2. The van der Waals surface area contributed by atoms with E-state index in [1.54, 1.807) is 0 Å². The van der Waals surface area contributed by atoms with Gasteiger partial charge >= 0.3 is 0 Å². The molecular formula is C22H24N2. The molecule has 0 bridgehead atoms. The van der Waals surface area contributed by atoms with E-state index < -0.39 is 0 Å². The number of nitrogens with zero attached hydrogens (tertiary/aromatic N) is 2. The summed E-state index contributed by atoms with van der Waals surface area (Å²) in [6.07, 6.45) is 1.74. The Balaban J connectivity index is 1.79. The number of rotatable bonds is 4. The molecule has 0 amide bonds. The van der Waals surface area contributed by atoms with E-state index in [4.69, 9.17) is 0 Å². The van der Waals surface area contributed by atoms with E-state index in [9.17, 15) is 0 Å². The molecule has 1 heterocycles. The zero-order chi connectivity index (χ0) is 17.1. The van der Waals surface area contributed by atoms with Crippen LogP contribution in [0, 0.1) is 27.7 Å². The van der Waals surface area contributed by atoms with Crippen molar-refractivity contribution in [2.24, 2.45) is 0 Å². The fourth-order valence-electron chi connectivity index (χ4n) is 2.89. The van der Waals surface area contributed by atoms with Crippen molar-refractivity contribution < 1.29 is 0 Å². The highest BCUT2D eigenvalue weighted by Gasteiger charge is 2.06. The van der Waals surface area contributed by atoms with E-state index in [0.29, 0.717) is 0 Å². The van der Waals surface area contributed by atoms with Gasteiger partial charge in [0.05, 0.1) is 0 Å². The second-order valence-corrected chi connectivity index (χ2v) is 6.59. The third-order valence-electron chi connectivity index (χ3n) is 4.56. The average Bonchev–Trinajstić information content (AvgIpc) is 2.55. The van der Waals surface area contributed by atoms with Crippen molar-refractivity contribution in [2.75, 3.05) is 0 Å². The maximum Gasteiger partial charge on any atom is 0.133 e. The Kier molecular flexibility index (Phi) is 4.75. The van der Waals surface area contributed by atoms with E-state index in [2.05, 4.69) is 86.2 Å². The van der Waals surface area contributed by atoms with E-state index in [1.807, 2.05) is 0 Å². The third kappa shape index (κ3) is 3.88. The summed E-state index contributed by atoms with van der Waals surface area (Å²) in [6.45, 7) is 8.31. The molecule has 3 rings (SSSR count). The normalized spacial score (nSPS) is 10.8. The Morgan fingerprint density at radius 2 is 1.25 bits per heavy atom. The lowest BCUT2D eigenvalue weighted by Gasteiger charge is -2.09. The quantitative estimate of drug-likeness (QED) is 0.684. The molecule has 122 valence electrons. The molecule has 24 heavy (non-hydrogen) atoms. The number of aromatic nitrogens is 2. The molecule has 0 N–H and O–H groups in total. The molecule has 0 atom stereocenters. The molecule has 0 aliphatic heterocycles. The SMILES string of the molecule is Cc1ccc(Cc2cccc(Cc3nc(C)c(C)c(C)n3)c2)cc1. The zero-order valence-corrected chi connectivity index (χ0v) is 14.9. The van der Waals surface area contributed by atoms with Crippen LogP contribution >= 0.6 is 0 Å². The minimum absolute atomic E-state index is 0.781. The van der Waals surface area contributed by atoms with Crippen molar-refractivity contribution in [3.63, 3.8) is 0 Å².